The Bertz CT molecular complexity index is 630. The molecule has 1 N–H and O–H groups in total. The maximum atomic E-state index is 12.2. The number of nitrogens with one attached hydrogen (secondary N) is 1. The Hall–Kier alpha value is -1.60. The predicted molar refractivity (Wildman–Crippen MR) is 78.9 cm³/mol. The van der Waals surface area contributed by atoms with Crippen molar-refractivity contribution in [3.05, 3.63) is 28.8 Å². The van der Waals surface area contributed by atoms with Gasteiger partial charge in [0.2, 0.25) is 11.1 Å². The molecule has 6 nitrogen and oxygen atoms in total. The van der Waals surface area contributed by atoms with Gasteiger partial charge in [-0.3, -0.25) is 4.79 Å². The van der Waals surface area contributed by atoms with Crippen LogP contribution in [0, 0.1) is 6.92 Å². The highest BCUT2D eigenvalue weighted by molar-refractivity contribution is 8.00. The lowest BCUT2D eigenvalue weighted by Gasteiger charge is -2.13. The summed E-state index contributed by atoms with van der Waals surface area (Å²) in [6.45, 7) is 3.66. The van der Waals surface area contributed by atoms with Gasteiger partial charge in [-0.15, -0.1) is 5.10 Å². The third-order valence-corrected chi connectivity index (χ3v) is 4.29. The van der Waals surface area contributed by atoms with Crippen molar-refractivity contribution in [1.82, 2.24) is 20.2 Å². The van der Waals surface area contributed by atoms with Crippen LogP contribution in [0.2, 0.25) is 5.02 Å². The zero-order chi connectivity index (χ0) is 14.7. The summed E-state index contributed by atoms with van der Waals surface area (Å²) in [5, 5.41) is 14.9. The van der Waals surface area contributed by atoms with Gasteiger partial charge in [0.05, 0.1) is 5.25 Å². The topological polar surface area (TPSA) is 72.7 Å². The number of carbonyl (C=O) groups excluding carboxylic acids is 1. The van der Waals surface area contributed by atoms with Crippen LogP contribution in [0.5, 0.6) is 0 Å². The Morgan fingerprint density at radius 3 is 2.90 bits per heavy atom. The van der Waals surface area contributed by atoms with Gasteiger partial charge in [0.25, 0.3) is 0 Å². The average Bonchev–Trinajstić information content (AvgIpc) is 2.80. The molecule has 0 aliphatic heterocycles. The number of thioether (sulfide) groups is 1. The van der Waals surface area contributed by atoms with E-state index in [0.29, 0.717) is 15.9 Å². The van der Waals surface area contributed by atoms with Gasteiger partial charge in [0.15, 0.2) is 0 Å². The number of tetrazole rings is 1. The van der Waals surface area contributed by atoms with Crippen molar-refractivity contribution < 1.29 is 4.79 Å². The van der Waals surface area contributed by atoms with Crippen molar-refractivity contribution in [1.29, 1.82) is 0 Å². The van der Waals surface area contributed by atoms with Crippen LogP contribution in [0.1, 0.15) is 12.5 Å². The van der Waals surface area contributed by atoms with E-state index in [1.54, 1.807) is 26.1 Å². The second-order valence-electron chi connectivity index (χ2n) is 4.25. The lowest BCUT2D eigenvalue weighted by Crippen LogP contribution is -2.23. The van der Waals surface area contributed by atoms with Crippen LogP contribution >= 0.6 is 23.4 Å². The highest BCUT2D eigenvalue weighted by Crippen LogP contribution is 2.25. The van der Waals surface area contributed by atoms with Gasteiger partial charge in [-0.25, -0.2) is 4.68 Å². The van der Waals surface area contributed by atoms with Gasteiger partial charge in [0, 0.05) is 17.8 Å². The van der Waals surface area contributed by atoms with Crippen LogP contribution in [0.25, 0.3) is 0 Å². The van der Waals surface area contributed by atoms with Gasteiger partial charge in [0.1, 0.15) is 0 Å². The van der Waals surface area contributed by atoms with E-state index in [0.717, 1.165) is 5.56 Å². The molecule has 1 atom stereocenters. The normalized spacial score (nSPS) is 12.2. The van der Waals surface area contributed by atoms with Crippen LogP contribution in [-0.4, -0.2) is 31.4 Å². The highest BCUT2D eigenvalue weighted by atomic mass is 35.5. The minimum absolute atomic E-state index is 0.122. The molecule has 20 heavy (non-hydrogen) atoms. The first-order valence-electron chi connectivity index (χ1n) is 5.94. The molecule has 2 rings (SSSR count). The third kappa shape index (κ3) is 3.29. The van der Waals surface area contributed by atoms with Crippen molar-refractivity contribution in [3.63, 3.8) is 0 Å². The maximum Gasteiger partial charge on any atom is 0.237 e. The molecule has 0 saturated carbocycles. The monoisotopic (exact) mass is 311 g/mol. The van der Waals surface area contributed by atoms with Crippen LogP contribution in [0.3, 0.4) is 0 Å². The standard InChI is InChI=1S/C12H14ClN5OS/c1-7-9(13)5-4-6-10(7)14-11(19)8(2)20-12-15-16-17-18(12)3/h4-6,8H,1-3H3,(H,14,19)/t8-/m1/s1. The van der Waals surface area contributed by atoms with E-state index in [1.807, 2.05) is 13.0 Å². The molecular formula is C12H14ClN5OS. The quantitative estimate of drug-likeness (QED) is 0.877. The van der Waals surface area contributed by atoms with Crippen LogP contribution in [0.15, 0.2) is 23.4 Å². The molecule has 2 aromatic rings. The van der Waals surface area contributed by atoms with E-state index < -0.39 is 0 Å². The second-order valence-corrected chi connectivity index (χ2v) is 5.96. The molecular weight excluding hydrogens is 298 g/mol. The zero-order valence-corrected chi connectivity index (χ0v) is 12.9. The molecule has 0 unspecified atom stereocenters. The fourth-order valence-electron chi connectivity index (χ4n) is 1.51. The van der Waals surface area contributed by atoms with Crippen molar-refractivity contribution in [2.24, 2.45) is 7.05 Å². The van der Waals surface area contributed by atoms with Crippen molar-refractivity contribution in [3.8, 4) is 0 Å². The lowest BCUT2D eigenvalue weighted by molar-refractivity contribution is -0.115. The van der Waals surface area contributed by atoms with E-state index in [2.05, 4.69) is 20.8 Å². The SMILES string of the molecule is Cc1c(Cl)cccc1NC(=O)[C@@H](C)Sc1nnnn1C. The Morgan fingerprint density at radius 1 is 1.50 bits per heavy atom. The molecule has 8 heteroatoms. The largest absolute Gasteiger partial charge is 0.325 e. The minimum atomic E-state index is -0.321. The molecule has 0 aliphatic rings. The number of nitrogens with zero attached hydrogens (tertiary/aromatic N) is 4. The summed E-state index contributed by atoms with van der Waals surface area (Å²) in [6, 6.07) is 5.41. The van der Waals surface area contributed by atoms with Gasteiger partial charge >= 0.3 is 0 Å². The van der Waals surface area contributed by atoms with Gasteiger partial charge < -0.3 is 5.32 Å². The number of hydrogen-bond donors (Lipinski definition) is 1. The first-order chi connectivity index (χ1) is 9.49. The number of aryl methyl sites for hydroxylation is 1. The molecule has 1 heterocycles. The first kappa shape index (κ1) is 14.8. The molecule has 0 bridgehead atoms. The summed E-state index contributed by atoms with van der Waals surface area (Å²) in [5.74, 6) is -0.122. The molecule has 0 spiro atoms. The van der Waals surface area contributed by atoms with Crippen LogP contribution < -0.4 is 5.32 Å². The van der Waals surface area contributed by atoms with Crippen molar-refractivity contribution in [2.75, 3.05) is 5.32 Å². The smallest absolute Gasteiger partial charge is 0.237 e. The number of carbonyl (C=O) groups is 1. The molecule has 0 saturated heterocycles. The lowest BCUT2D eigenvalue weighted by atomic mass is 10.2. The van der Waals surface area contributed by atoms with Gasteiger partial charge in [-0.05, 0) is 42.0 Å². The van der Waals surface area contributed by atoms with Crippen molar-refractivity contribution in [2.45, 2.75) is 24.3 Å². The number of rotatable bonds is 4. The summed E-state index contributed by atoms with van der Waals surface area (Å²) < 4.78 is 1.53. The minimum Gasteiger partial charge on any atom is -0.325 e. The molecule has 0 aliphatic carbocycles. The van der Waals surface area contributed by atoms with E-state index in [1.165, 1.54) is 16.4 Å². The summed E-state index contributed by atoms with van der Waals surface area (Å²) in [6.07, 6.45) is 0. The Labute approximate surface area is 125 Å². The van der Waals surface area contributed by atoms with Gasteiger partial charge in [-0.2, -0.15) is 0 Å². The van der Waals surface area contributed by atoms with Crippen LogP contribution in [0.4, 0.5) is 5.69 Å². The second kappa shape index (κ2) is 6.23. The molecule has 1 amide bonds. The van der Waals surface area contributed by atoms with Crippen LogP contribution in [-0.2, 0) is 11.8 Å². The zero-order valence-electron chi connectivity index (χ0n) is 11.3. The average molecular weight is 312 g/mol. The van der Waals surface area contributed by atoms with E-state index in [-0.39, 0.29) is 11.2 Å². The number of amides is 1. The number of anilines is 1. The summed E-state index contributed by atoms with van der Waals surface area (Å²) >= 11 is 7.32. The number of halogens is 1. The molecule has 106 valence electrons. The Morgan fingerprint density at radius 2 is 2.25 bits per heavy atom. The predicted octanol–water partition coefficient (Wildman–Crippen LogP) is 2.29. The van der Waals surface area contributed by atoms with E-state index in [4.69, 9.17) is 11.6 Å². The highest BCUT2D eigenvalue weighted by Gasteiger charge is 2.18. The fourth-order valence-corrected chi connectivity index (χ4v) is 2.44. The number of aromatic nitrogens is 4. The van der Waals surface area contributed by atoms with Crippen molar-refractivity contribution >= 4 is 35.0 Å². The molecule has 0 radical (unpaired) electrons. The van der Waals surface area contributed by atoms with E-state index in [9.17, 15) is 4.79 Å². The van der Waals surface area contributed by atoms with Gasteiger partial charge in [-0.1, -0.05) is 29.4 Å². The number of hydrogen-bond acceptors (Lipinski definition) is 5. The Balaban J connectivity index is 2.04. The summed E-state index contributed by atoms with van der Waals surface area (Å²) in [4.78, 5) is 12.2. The maximum absolute atomic E-state index is 12.2. The number of benzene rings is 1. The fraction of sp³-hybridized carbons (Fsp3) is 0.333. The molecule has 1 aromatic carbocycles. The van der Waals surface area contributed by atoms with E-state index >= 15 is 0 Å². The summed E-state index contributed by atoms with van der Waals surface area (Å²) in [5.41, 5.74) is 1.56. The first-order valence-corrected chi connectivity index (χ1v) is 7.20. The third-order valence-electron chi connectivity index (χ3n) is 2.76. The molecule has 1 aromatic heterocycles. The Kier molecular flexibility index (Phi) is 4.61. The summed E-state index contributed by atoms with van der Waals surface area (Å²) in [7, 11) is 1.73. The molecule has 0 fully saturated rings.